The molecule has 0 bridgehead atoms. The largest absolute Gasteiger partial charge is 0.508 e. The monoisotopic (exact) mass is 266 g/mol. The summed E-state index contributed by atoms with van der Waals surface area (Å²) in [6.07, 6.45) is 1.01. The topological polar surface area (TPSA) is 35.5 Å². The molecule has 19 heavy (non-hydrogen) atoms. The molecular weight excluding hydrogens is 243 g/mol. The van der Waals surface area contributed by atoms with Crippen molar-refractivity contribution in [2.45, 2.75) is 26.3 Å². The molecule has 0 amide bonds. The van der Waals surface area contributed by atoms with E-state index in [0.717, 1.165) is 32.6 Å². The van der Waals surface area contributed by atoms with Gasteiger partial charge in [-0.2, -0.15) is 0 Å². The van der Waals surface area contributed by atoms with Crippen molar-refractivity contribution < 1.29 is 9.50 Å². The van der Waals surface area contributed by atoms with Gasteiger partial charge in [-0.05, 0) is 12.0 Å². The predicted octanol–water partition coefficient (Wildman–Crippen LogP) is 2.52. The zero-order chi connectivity index (χ0) is 13.8. The number of nitrogens with zero attached hydrogens (tertiary/aromatic N) is 1. The fourth-order valence-electron chi connectivity index (χ4n) is 2.80. The Hall–Kier alpha value is -1.13. The van der Waals surface area contributed by atoms with Crippen LogP contribution in [0.25, 0.3) is 0 Å². The summed E-state index contributed by atoms with van der Waals surface area (Å²) in [6.45, 7) is 8.08. The third-order valence-electron chi connectivity index (χ3n) is 4.03. The van der Waals surface area contributed by atoms with E-state index in [1.807, 2.05) is 0 Å². The molecule has 1 fully saturated rings. The van der Waals surface area contributed by atoms with Gasteiger partial charge in [0.05, 0.1) is 0 Å². The van der Waals surface area contributed by atoms with Crippen molar-refractivity contribution >= 4 is 0 Å². The minimum Gasteiger partial charge on any atom is -0.508 e. The molecule has 1 aromatic rings. The van der Waals surface area contributed by atoms with Gasteiger partial charge >= 0.3 is 0 Å². The Balaban J connectivity index is 2.30. The maximum atomic E-state index is 14.1. The third-order valence-corrected chi connectivity index (χ3v) is 4.03. The first kappa shape index (κ1) is 14.3. The minimum atomic E-state index is -0.302. The van der Waals surface area contributed by atoms with Gasteiger partial charge in [0, 0.05) is 43.9 Å². The number of phenols is 1. The number of halogens is 1. The highest BCUT2D eigenvalue weighted by molar-refractivity contribution is 5.30. The quantitative estimate of drug-likeness (QED) is 0.879. The molecule has 2 rings (SSSR count). The van der Waals surface area contributed by atoms with Crippen molar-refractivity contribution in [3.8, 4) is 5.75 Å². The highest BCUT2D eigenvalue weighted by Crippen LogP contribution is 2.33. The molecule has 1 saturated heterocycles. The SMILES string of the molecule is CCC(C)[C@@H](c1ccc(O)cc1F)N1CCNCC1. The van der Waals surface area contributed by atoms with Crippen LogP contribution in [0.5, 0.6) is 5.75 Å². The molecule has 1 aliphatic rings. The van der Waals surface area contributed by atoms with Crippen LogP contribution in [0.4, 0.5) is 4.39 Å². The Morgan fingerprint density at radius 2 is 2.05 bits per heavy atom. The number of piperazine rings is 1. The standard InChI is InChI=1S/C15H23FN2O/c1-3-11(2)15(18-8-6-17-7-9-18)13-5-4-12(19)10-14(13)16/h4-5,10-11,15,17,19H,3,6-9H2,1-2H3/t11?,15-/m0/s1. The number of benzene rings is 1. The van der Waals surface area contributed by atoms with Crippen LogP contribution in [-0.4, -0.2) is 36.2 Å². The van der Waals surface area contributed by atoms with Crippen LogP contribution in [0.1, 0.15) is 31.9 Å². The number of aromatic hydroxyl groups is 1. The Morgan fingerprint density at radius 3 is 2.63 bits per heavy atom. The molecule has 0 spiro atoms. The Bertz CT molecular complexity index is 419. The second-order valence-electron chi connectivity index (χ2n) is 5.32. The molecule has 0 aliphatic carbocycles. The second kappa shape index (κ2) is 6.35. The molecule has 1 aromatic carbocycles. The number of rotatable bonds is 4. The molecule has 2 atom stereocenters. The number of nitrogens with one attached hydrogen (secondary N) is 1. The third kappa shape index (κ3) is 3.25. The van der Waals surface area contributed by atoms with Gasteiger partial charge in [-0.1, -0.05) is 26.3 Å². The van der Waals surface area contributed by atoms with Crippen molar-refractivity contribution in [2.24, 2.45) is 5.92 Å². The summed E-state index contributed by atoms with van der Waals surface area (Å²) in [7, 11) is 0. The van der Waals surface area contributed by atoms with Crippen molar-refractivity contribution in [1.82, 2.24) is 10.2 Å². The molecule has 1 unspecified atom stereocenters. The van der Waals surface area contributed by atoms with E-state index in [9.17, 15) is 9.50 Å². The van der Waals surface area contributed by atoms with Crippen molar-refractivity contribution in [3.63, 3.8) is 0 Å². The first-order chi connectivity index (χ1) is 9.13. The Kier molecular flexibility index (Phi) is 4.77. The van der Waals surface area contributed by atoms with Gasteiger partial charge < -0.3 is 10.4 Å². The zero-order valence-electron chi connectivity index (χ0n) is 11.7. The van der Waals surface area contributed by atoms with Gasteiger partial charge in [0.25, 0.3) is 0 Å². The van der Waals surface area contributed by atoms with E-state index < -0.39 is 0 Å². The number of hydrogen-bond acceptors (Lipinski definition) is 3. The average molecular weight is 266 g/mol. The summed E-state index contributed by atoms with van der Waals surface area (Å²) < 4.78 is 14.1. The van der Waals surface area contributed by atoms with Gasteiger partial charge in [0.2, 0.25) is 0 Å². The summed E-state index contributed by atoms with van der Waals surface area (Å²) in [5, 5.41) is 12.7. The summed E-state index contributed by atoms with van der Waals surface area (Å²) in [4.78, 5) is 2.35. The van der Waals surface area contributed by atoms with Crippen molar-refractivity contribution in [3.05, 3.63) is 29.6 Å². The van der Waals surface area contributed by atoms with E-state index >= 15 is 0 Å². The molecule has 106 valence electrons. The van der Waals surface area contributed by atoms with E-state index in [4.69, 9.17) is 0 Å². The van der Waals surface area contributed by atoms with Crippen LogP contribution in [0, 0.1) is 11.7 Å². The van der Waals surface area contributed by atoms with Gasteiger partial charge in [-0.25, -0.2) is 4.39 Å². The Morgan fingerprint density at radius 1 is 1.37 bits per heavy atom. The van der Waals surface area contributed by atoms with Crippen molar-refractivity contribution in [2.75, 3.05) is 26.2 Å². The fraction of sp³-hybridized carbons (Fsp3) is 0.600. The number of phenolic OH excluding ortho intramolecular Hbond substituents is 1. The molecule has 0 saturated carbocycles. The maximum Gasteiger partial charge on any atom is 0.131 e. The predicted molar refractivity (Wildman–Crippen MR) is 74.7 cm³/mol. The number of hydrogen-bond donors (Lipinski definition) is 2. The van der Waals surface area contributed by atoms with Crippen LogP contribution in [0.15, 0.2) is 18.2 Å². The molecule has 1 heterocycles. The summed E-state index contributed by atoms with van der Waals surface area (Å²) in [6, 6.07) is 4.61. The van der Waals surface area contributed by atoms with Gasteiger partial charge in [-0.3, -0.25) is 4.90 Å². The van der Waals surface area contributed by atoms with Crippen LogP contribution >= 0.6 is 0 Å². The lowest BCUT2D eigenvalue weighted by molar-refractivity contribution is 0.125. The van der Waals surface area contributed by atoms with Crippen molar-refractivity contribution in [1.29, 1.82) is 0 Å². The average Bonchev–Trinajstić information content (AvgIpc) is 2.42. The zero-order valence-corrected chi connectivity index (χ0v) is 11.7. The molecule has 0 radical (unpaired) electrons. The summed E-state index contributed by atoms with van der Waals surface area (Å²) >= 11 is 0. The maximum absolute atomic E-state index is 14.1. The van der Waals surface area contributed by atoms with E-state index in [2.05, 4.69) is 24.1 Å². The lowest BCUT2D eigenvalue weighted by atomic mass is 9.90. The molecular formula is C15H23FN2O. The lowest BCUT2D eigenvalue weighted by Gasteiger charge is -2.38. The molecule has 4 heteroatoms. The van der Waals surface area contributed by atoms with E-state index in [1.165, 1.54) is 6.07 Å². The van der Waals surface area contributed by atoms with E-state index in [-0.39, 0.29) is 17.6 Å². The summed E-state index contributed by atoms with van der Waals surface area (Å²) in [5.74, 6) is 0.0745. The Labute approximate surface area is 114 Å². The van der Waals surface area contributed by atoms with E-state index in [0.29, 0.717) is 11.5 Å². The highest BCUT2D eigenvalue weighted by atomic mass is 19.1. The molecule has 2 N–H and O–H groups in total. The van der Waals surface area contributed by atoms with Crippen LogP contribution in [0.2, 0.25) is 0 Å². The molecule has 3 nitrogen and oxygen atoms in total. The van der Waals surface area contributed by atoms with Crippen LogP contribution < -0.4 is 5.32 Å². The summed E-state index contributed by atoms with van der Waals surface area (Å²) in [5.41, 5.74) is 0.703. The molecule has 0 aromatic heterocycles. The minimum absolute atomic E-state index is 0.00976. The molecule has 1 aliphatic heterocycles. The van der Waals surface area contributed by atoms with Crippen LogP contribution in [-0.2, 0) is 0 Å². The smallest absolute Gasteiger partial charge is 0.131 e. The normalized spacial score (nSPS) is 20.2. The first-order valence-corrected chi connectivity index (χ1v) is 7.06. The van der Waals surface area contributed by atoms with Crippen LogP contribution in [0.3, 0.4) is 0 Å². The van der Waals surface area contributed by atoms with Gasteiger partial charge in [0.15, 0.2) is 0 Å². The highest BCUT2D eigenvalue weighted by Gasteiger charge is 2.28. The second-order valence-corrected chi connectivity index (χ2v) is 5.32. The first-order valence-electron chi connectivity index (χ1n) is 7.06. The van der Waals surface area contributed by atoms with E-state index in [1.54, 1.807) is 12.1 Å². The fourth-order valence-corrected chi connectivity index (χ4v) is 2.80. The van der Waals surface area contributed by atoms with Gasteiger partial charge in [0.1, 0.15) is 11.6 Å². The lowest BCUT2D eigenvalue weighted by Crippen LogP contribution is -2.46. The van der Waals surface area contributed by atoms with Gasteiger partial charge in [-0.15, -0.1) is 0 Å².